The van der Waals surface area contributed by atoms with Crippen LogP contribution in [0.3, 0.4) is 0 Å². The van der Waals surface area contributed by atoms with E-state index >= 15 is 0 Å². The Morgan fingerprint density at radius 2 is 0.741 bits per heavy atom. The smallest absolute Gasteiger partial charge is 0.126 e. The Balaban J connectivity index is 0.000000247. The van der Waals surface area contributed by atoms with Gasteiger partial charge in [0.25, 0.3) is 0 Å². The van der Waals surface area contributed by atoms with E-state index < -0.39 is 0 Å². The van der Waals surface area contributed by atoms with E-state index in [1.807, 2.05) is 36.4 Å². The molecular formula is C46H72N12. The quantitative estimate of drug-likeness (QED) is 0.118. The van der Waals surface area contributed by atoms with Crippen LogP contribution in [0.15, 0.2) is 97.3 Å². The molecule has 2 aromatic heterocycles. The molecule has 8 N–H and O–H groups in total. The average molecular weight is 793 g/mol. The molecule has 58 heavy (non-hydrogen) atoms. The lowest BCUT2D eigenvalue weighted by Crippen LogP contribution is -2.36. The molecule has 4 aromatic rings. The highest BCUT2D eigenvalue weighted by Gasteiger charge is 2.10. The molecule has 12 heteroatoms. The summed E-state index contributed by atoms with van der Waals surface area (Å²) in [6, 6.07) is 29.6. The Labute approximate surface area is 349 Å². The van der Waals surface area contributed by atoms with Gasteiger partial charge < -0.3 is 42.5 Å². The summed E-state index contributed by atoms with van der Waals surface area (Å²) in [4.78, 5) is 13.7. The molecule has 2 aliphatic heterocycles. The highest BCUT2D eigenvalue weighted by molar-refractivity contribution is 5.37. The highest BCUT2D eigenvalue weighted by Crippen LogP contribution is 2.12. The molecule has 2 saturated heterocycles. The zero-order valence-electron chi connectivity index (χ0n) is 35.0. The van der Waals surface area contributed by atoms with Gasteiger partial charge in [-0.3, -0.25) is 9.80 Å². The molecule has 0 atom stereocenters. The van der Waals surface area contributed by atoms with Gasteiger partial charge in [-0.25, -0.2) is 9.97 Å². The van der Waals surface area contributed by atoms with Crippen molar-refractivity contribution >= 4 is 11.6 Å². The van der Waals surface area contributed by atoms with Crippen LogP contribution in [0.2, 0.25) is 0 Å². The van der Waals surface area contributed by atoms with Crippen molar-refractivity contribution in [3.63, 3.8) is 0 Å². The molecular weight excluding hydrogens is 721 g/mol. The first-order valence-electron chi connectivity index (χ1n) is 21.9. The van der Waals surface area contributed by atoms with Gasteiger partial charge in [-0.2, -0.15) is 0 Å². The number of benzene rings is 2. The van der Waals surface area contributed by atoms with Gasteiger partial charge in [0, 0.05) is 90.9 Å². The number of anilines is 2. The molecule has 0 spiro atoms. The zero-order valence-corrected chi connectivity index (χ0v) is 35.0. The van der Waals surface area contributed by atoms with E-state index in [2.05, 4.69) is 111 Å². The van der Waals surface area contributed by atoms with Crippen molar-refractivity contribution in [3.8, 4) is 0 Å². The Morgan fingerprint density at radius 3 is 1.12 bits per heavy atom. The fourth-order valence-corrected chi connectivity index (χ4v) is 7.01. The normalized spacial score (nSPS) is 18.1. The third kappa shape index (κ3) is 20.1. The van der Waals surface area contributed by atoms with Crippen molar-refractivity contribution in [1.29, 1.82) is 0 Å². The monoisotopic (exact) mass is 793 g/mol. The molecule has 0 saturated carbocycles. The molecule has 2 aliphatic rings. The largest absolute Gasteiger partial charge is 0.366 e. The Hall–Kier alpha value is -3.98. The summed E-state index contributed by atoms with van der Waals surface area (Å²) >= 11 is 0. The van der Waals surface area contributed by atoms with Crippen LogP contribution in [0, 0.1) is 0 Å². The molecule has 316 valence electrons. The van der Waals surface area contributed by atoms with E-state index in [1.165, 1.54) is 47.9 Å². The number of nitrogens with zero attached hydrogens (tertiary/aromatic N) is 4. The fraction of sp³-hybridized carbons (Fsp3) is 0.522. The number of aromatic nitrogens is 2. The second kappa shape index (κ2) is 29.3. The van der Waals surface area contributed by atoms with Crippen LogP contribution in [-0.4, -0.2) is 124 Å². The summed E-state index contributed by atoms with van der Waals surface area (Å²) in [7, 11) is 0. The van der Waals surface area contributed by atoms with Gasteiger partial charge in [-0.05, 0) is 125 Å². The van der Waals surface area contributed by atoms with Gasteiger partial charge in [0.1, 0.15) is 11.6 Å². The maximum absolute atomic E-state index is 4.25. The molecule has 12 nitrogen and oxygen atoms in total. The highest BCUT2D eigenvalue weighted by atomic mass is 15.1. The number of pyridine rings is 2. The Bertz CT molecular complexity index is 1410. The summed E-state index contributed by atoms with van der Waals surface area (Å²) in [6.45, 7) is 21.1. The lowest BCUT2D eigenvalue weighted by atomic mass is 10.1. The minimum atomic E-state index is 0.769. The van der Waals surface area contributed by atoms with E-state index in [1.54, 1.807) is 12.4 Å². The van der Waals surface area contributed by atoms with E-state index in [0.717, 1.165) is 143 Å². The van der Waals surface area contributed by atoms with Gasteiger partial charge in [0.05, 0.1) is 0 Å². The third-order valence-corrected chi connectivity index (χ3v) is 10.4. The van der Waals surface area contributed by atoms with E-state index in [-0.39, 0.29) is 0 Å². The SMILES string of the molecule is c1cc(CN2CCCNCCNCCCNCC2)ccc1CN1CCCNCCNCCCNCC1.c1ccc(NCc2ccc(CNc3ccccn3)cc2)nc1. The number of hydrogen-bond acceptors (Lipinski definition) is 12. The second-order valence-corrected chi connectivity index (χ2v) is 15.2. The molecule has 0 aliphatic carbocycles. The molecule has 2 fully saturated rings. The van der Waals surface area contributed by atoms with E-state index in [0.29, 0.717) is 0 Å². The predicted octanol–water partition coefficient (Wildman–Crippen LogP) is 4.12. The first-order chi connectivity index (χ1) is 28.8. The minimum Gasteiger partial charge on any atom is -0.366 e. The lowest BCUT2D eigenvalue weighted by Gasteiger charge is -2.24. The molecule has 0 radical (unpaired) electrons. The number of rotatable bonds is 10. The standard InChI is InChI=1S/C28H54N8.C18H18N4/c1-9-29-15-17-31-13-3-21-35(23-19-33-11-1)25-27-5-7-28(8-6-27)26-36-22-4-14-32-18-16-30-10-2-12-34-20-24-36;1-3-11-19-17(5-1)21-13-15-7-9-16(10-8-15)14-22-18-6-2-4-12-20-18/h5-8,29-34H,1-4,9-26H2;1-12H,13-14H2,(H,19,21)(H,20,22). The van der Waals surface area contributed by atoms with Crippen molar-refractivity contribution < 1.29 is 0 Å². The van der Waals surface area contributed by atoms with Gasteiger partial charge in [-0.1, -0.05) is 60.7 Å². The van der Waals surface area contributed by atoms with Gasteiger partial charge in [0.2, 0.25) is 0 Å². The predicted molar refractivity (Wildman–Crippen MR) is 242 cm³/mol. The zero-order chi connectivity index (χ0) is 40.0. The summed E-state index contributed by atoms with van der Waals surface area (Å²) in [5.41, 5.74) is 5.31. The molecule has 6 rings (SSSR count). The number of hydrogen-bond donors (Lipinski definition) is 8. The van der Waals surface area contributed by atoms with Crippen molar-refractivity contribution in [3.05, 3.63) is 120 Å². The average Bonchev–Trinajstić information content (AvgIpc) is 3.27. The van der Waals surface area contributed by atoms with E-state index in [9.17, 15) is 0 Å². The van der Waals surface area contributed by atoms with Crippen molar-refractivity contribution in [2.45, 2.75) is 51.9 Å². The third-order valence-electron chi connectivity index (χ3n) is 10.4. The van der Waals surface area contributed by atoms with E-state index in [4.69, 9.17) is 0 Å². The Morgan fingerprint density at radius 1 is 0.379 bits per heavy atom. The van der Waals surface area contributed by atoms with Gasteiger partial charge in [0.15, 0.2) is 0 Å². The Kier molecular flexibility index (Phi) is 22.8. The maximum Gasteiger partial charge on any atom is 0.126 e. The molecule has 2 aromatic carbocycles. The van der Waals surface area contributed by atoms with Crippen LogP contribution in [0.25, 0.3) is 0 Å². The summed E-state index contributed by atoms with van der Waals surface area (Å²) in [5, 5.41) is 28.0. The van der Waals surface area contributed by atoms with Crippen LogP contribution in [0.1, 0.15) is 47.9 Å². The summed E-state index contributed by atoms with van der Waals surface area (Å²) in [6.07, 6.45) is 8.37. The minimum absolute atomic E-state index is 0.769. The van der Waals surface area contributed by atoms with Crippen molar-refractivity contribution in [1.82, 2.24) is 51.7 Å². The first-order valence-corrected chi connectivity index (χ1v) is 21.9. The van der Waals surface area contributed by atoms with Gasteiger partial charge in [-0.15, -0.1) is 0 Å². The van der Waals surface area contributed by atoms with Crippen molar-refractivity contribution in [2.24, 2.45) is 0 Å². The molecule has 0 amide bonds. The topological polar surface area (TPSA) is 128 Å². The van der Waals surface area contributed by atoms with Crippen LogP contribution in [-0.2, 0) is 26.2 Å². The van der Waals surface area contributed by atoms with Crippen LogP contribution >= 0.6 is 0 Å². The first kappa shape index (κ1) is 45.1. The summed E-state index contributed by atoms with van der Waals surface area (Å²) in [5.74, 6) is 1.78. The molecule has 4 heterocycles. The molecule has 0 unspecified atom stereocenters. The maximum atomic E-state index is 4.25. The molecule has 0 bridgehead atoms. The fourth-order valence-electron chi connectivity index (χ4n) is 7.01. The number of nitrogens with one attached hydrogen (secondary N) is 8. The van der Waals surface area contributed by atoms with Crippen LogP contribution in [0.4, 0.5) is 11.6 Å². The second-order valence-electron chi connectivity index (χ2n) is 15.2. The van der Waals surface area contributed by atoms with Crippen molar-refractivity contribution in [2.75, 3.05) is 115 Å². The van der Waals surface area contributed by atoms with Crippen LogP contribution in [0.5, 0.6) is 0 Å². The van der Waals surface area contributed by atoms with Gasteiger partial charge >= 0.3 is 0 Å². The lowest BCUT2D eigenvalue weighted by molar-refractivity contribution is 0.258. The van der Waals surface area contributed by atoms with Crippen LogP contribution < -0.4 is 42.5 Å². The summed E-state index contributed by atoms with van der Waals surface area (Å²) < 4.78 is 0.